The first-order valence-corrected chi connectivity index (χ1v) is 6.13. The lowest BCUT2D eigenvalue weighted by Crippen LogP contribution is -1.93. The highest BCUT2D eigenvalue weighted by Gasteiger charge is 2.06. The van der Waals surface area contributed by atoms with E-state index in [1.54, 1.807) is 11.3 Å². The van der Waals surface area contributed by atoms with Crippen molar-refractivity contribution in [3.8, 4) is 10.6 Å². The van der Waals surface area contributed by atoms with Crippen molar-refractivity contribution in [2.45, 2.75) is 19.8 Å². The summed E-state index contributed by atoms with van der Waals surface area (Å²) in [5.41, 5.74) is 2.00. The lowest BCUT2D eigenvalue weighted by molar-refractivity contribution is 0.895. The van der Waals surface area contributed by atoms with Crippen LogP contribution in [0.4, 0.5) is 0 Å². The van der Waals surface area contributed by atoms with Gasteiger partial charge in [-0.2, -0.15) is 0 Å². The molecule has 0 atom stereocenters. The van der Waals surface area contributed by atoms with E-state index in [1.807, 2.05) is 23.6 Å². The molecule has 0 aromatic carbocycles. The van der Waals surface area contributed by atoms with E-state index in [4.69, 9.17) is 11.6 Å². The fraction of sp³-hybridized carbons (Fsp3) is 0.273. The van der Waals surface area contributed by atoms with Crippen molar-refractivity contribution in [2.75, 3.05) is 0 Å². The van der Waals surface area contributed by atoms with E-state index in [2.05, 4.69) is 17.1 Å². The Morgan fingerprint density at radius 1 is 1.40 bits per heavy atom. The van der Waals surface area contributed by atoms with E-state index >= 15 is 0 Å². The molecule has 0 aliphatic rings. The van der Waals surface area contributed by atoms with Crippen LogP contribution < -0.4 is 0 Å². The zero-order chi connectivity index (χ0) is 10.7. The third-order valence-electron chi connectivity index (χ3n) is 2.11. The van der Waals surface area contributed by atoms with Crippen LogP contribution in [0.1, 0.15) is 18.9 Å². The van der Waals surface area contributed by atoms with Crippen LogP contribution in [-0.2, 0) is 6.42 Å². The van der Waals surface area contributed by atoms with Crippen molar-refractivity contribution in [2.24, 2.45) is 0 Å². The highest BCUT2D eigenvalue weighted by atomic mass is 35.5. The maximum atomic E-state index is 5.97. The zero-order valence-corrected chi connectivity index (χ0v) is 9.98. The van der Waals surface area contributed by atoms with Gasteiger partial charge >= 0.3 is 0 Å². The smallest absolute Gasteiger partial charge is 0.148 e. The Morgan fingerprint density at radius 3 is 2.93 bits per heavy atom. The lowest BCUT2D eigenvalue weighted by Gasteiger charge is -2.02. The van der Waals surface area contributed by atoms with Gasteiger partial charge in [-0.15, -0.1) is 21.5 Å². The van der Waals surface area contributed by atoms with Gasteiger partial charge < -0.3 is 0 Å². The summed E-state index contributed by atoms with van der Waals surface area (Å²) in [4.78, 5) is 1.14. The molecular formula is C11H11ClN2S. The predicted molar refractivity (Wildman–Crippen MR) is 64.4 cm³/mol. The number of halogens is 1. The van der Waals surface area contributed by atoms with Gasteiger partial charge in [-0.3, -0.25) is 0 Å². The van der Waals surface area contributed by atoms with E-state index in [-0.39, 0.29) is 0 Å². The average molecular weight is 239 g/mol. The van der Waals surface area contributed by atoms with Crippen molar-refractivity contribution < 1.29 is 0 Å². The Kier molecular flexibility index (Phi) is 3.34. The fourth-order valence-corrected chi connectivity index (χ4v) is 2.27. The summed E-state index contributed by atoms with van der Waals surface area (Å²) in [5, 5.41) is 10.6. The maximum absolute atomic E-state index is 5.97. The minimum absolute atomic E-state index is 0.525. The van der Waals surface area contributed by atoms with E-state index < -0.39 is 0 Å². The van der Waals surface area contributed by atoms with Crippen LogP contribution in [0, 0.1) is 0 Å². The van der Waals surface area contributed by atoms with Gasteiger partial charge in [0, 0.05) is 0 Å². The van der Waals surface area contributed by atoms with Gasteiger partial charge in [0.2, 0.25) is 0 Å². The number of hydrogen-bond acceptors (Lipinski definition) is 3. The SMILES string of the molecule is CCCc1cc(-c2cccs2)nnc1Cl. The summed E-state index contributed by atoms with van der Waals surface area (Å²) >= 11 is 7.63. The van der Waals surface area contributed by atoms with Crippen molar-refractivity contribution in [1.29, 1.82) is 0 Å². The Bertz CT molecular complexity index is 440. The van der Waals surface area contributed by atoms with Gasteiger partial charge in [-0.05, 0) is 29.5 Å². The molecule has 0 unspecified atom stereocenters. The van der Waals surface area contributed by atoms with Gasteiger partial charge in [-0.1, -0.05) is 31.0 Å². The number of hydrogen-bond donors (Lipinski definition) is 0. The molecule has 0 amide bonds. The van der Waals surface area contributed by atoms with Crippen molar-refractivity contribution in [3.05, 3.63) is 34.3 Å². The highest BCUT2D eigenvalue weighted by Crippen LogP contribution is 2.25. The minimum Gasteiger partial charge on any atom is -0.148 e. The predicted octanol–water partition coefficient (Wildman–Crippen LogP) is 3.81. The molecule has 78 valence electrons. The number of rotatable bonds is 3. The summed E-state index contributed by atoms with van der Waals surface area (Å²) in [5.74, 6) is 0. The lowest BCUT2D eigenvalue weighted by atomic mass is 10.1. The third-order valence-corrected chi connectivity index (χ3v) is 3.33. The maximum Gasteiger partial charge on any atom is 0.154 e. The Hall–Kier alpha value is -0.930. The molecule has 4 heteroatoms. The van der Waals surface area contributed by atoms with E-state index in [0.29, 0.717) is 5.15 Å². The first-order chi connectivity index (χ1) is 7.31. The van der Waals surface area contributed by atoms with Gasteiger partial charge in [-0.25, -0.2) is 0 Å². The second-order valence-electron chi connectivity index (χ2n) is 3.27. The minimum atomic E-state index is 0.525. The number of nitrogens with zero attached hydrogens (tertiary/aromatic N) is 2. The molecular weight excluding hydrogens is 228 g/mol. The molecule has 0 aliphatic carbocycles. The molecule has 2 nitrogen and oxygen atoms in total. The van der Waals surface area contributed by atoms with Crippen LogP contribution >= 0.6 is 22.9 Å². The molecule has 2 heterocycles. The summed E-state index contributed by atoms with van der Waals surface area (Å²) in [7, 11) is 0. The fourth-order valence-electron chi connectivity index (χ4n) is 1.40. The Labute approximate surface area is 97.9 Å². The third kappa shape index (κ3) is 2.36. The van der Waals surface area contributed by atoms with E-state index in [0.717, 1.165) is 29.0 Å². The van der Waals surface area contributed by atoms with Crippen LogP contribution in [0.25, 0.3) is 10.6 Å². The molecule has 0 spiro atoms. The number of thiophene rings is 1. The van der Waals surface area contributed by atoms with Gasteiger partial charge in [0.05, 0.1) is 4.88 Å². The van der Waals surface area contributed by atoms with Crippen LogP contribution in [0.5, 0.6) is 0 Å². The molecule has 0 bridgehead atoms. The molecule has 0 saturated carbocycles. The molecule has 0 aliphatic heterocycles. The second kappa shape index (κ2) is 4.73. The van der Waals surface area contributed by atoms with Crippen molar-refractivity contribution >= 4 is 22.9 Å². The molecule has 15 heavy (non-hydrogen) atoms. The summed E-state index contributed by atoms with van der Waals surface area (Å²) in [6, 6.07) is 6.08. The second-order valence-corrected chi connectivity index (χ2v) is 4.58. The number of aryl methyl sites for hydroxylation is 1. The number of aromatic nitrogens is 2. The first-order valence-electron chi connectivity index (χ1n) is 4.87. The van der Waals surface area contributed by atoms with Crippen LogP contribution in [0.2, 0.25) is 5.15 Å². The van der Waals surface area contributed by atoms with E-state index in [1.165, 1.54) is 0 Å². The molecule has 0 N–H and O–H groups in total. The largest absolute Gasteiger partial charge is 0.154 e. The molecule has 2 aromatic heterocycles. The highest BCUT2D eigenvalue weighted by molar-refractivity contribution is 7.13. The molecule has 0 fully saturated rings. The molecule has 2 aromatic rings. The normalized spacial score (nSPS) is 10.5. The average Bonchev–Trinajstić information content (AvgIpc) is 2.75. The first kappa shape index (κ1) is 10.6. The summed E-state index contributed by atoms with van der Waals surface area (Å²) < 4.78 is 0. The standard InChI is InChI=1S/C11H11ClN2S/c1-2-4-8-7-9(13-14-11(8)12)10-5-3-6-15-10/h3,5-7H,2,4H2,1H3. The topological polar surface area (TPSA) is 25.8 Å². The summed E-state index contributed by atoms with van der Waals surface area (Å²) in [6.07, 6.45) is 2.02. The van der Waals surface area contributed by atoms with Gasteiger partial charge in [0.25, 0.3) is 0 Å². The molecule has 2 rings (SSSR count). The molecule has 0 radical (unpaired) electrons. The van der Waals surface area contributed by atoms with Gasteiger partial charge in [0.15, 0.2) is 5.15 Å². The van der Waals surface area contributed by atoms with Crippen LogP contribution in [0.15, 0.2) is 23.6 Å². The van der Waals surface area contributed by atoms with Crippen LogP contribution in [-0.4, -0.2) is 10.2 Å². The van der Waals surface area contributed by atoms with Crippen molar-refractivity contribution in [1.82, 2.24) is 10.2 Å². The van der Waals surface area contributed by atoms with Crippen molar-refractivity contribution in [3.63, 3.8) is 0 Å². The summed E-state index contributed by atoms with van der Waals surface area (Å²) in [6.45, 7) is 2.13. The monoisotopic (exact) mass is 238 g/mol. The molecule has 0 saturated heterocycles. The zero-order valence-electron chi connectivity index (χ0n) is 8.40. The Morgan fingerprint density at radius 2 is 2.27 bits per heavy atom. The Balaban J connectivity index is 2.38. The van der Waals surface area contributed by atoms with Gasteiger partial charge in [0.1, 0.15) is 5.69 Å². The van der Waals surface area contributed by atoms with Crippen LogP contribution in [0.3, 0.4) is 0 Å². The quantitative estimate of drug-likeness (QED) is 0.813. The van der Waals surface area contributed by atoms with E-state index in [9.17, 15) is 0 Å².